The quantitative estimate of drug-likeness (QED) is 0.393. The highest BCUT2D eigenvalue weighted by molar-refractivity contribution is 5.13. The Balaban J connectivity index is 2.17. The summed E-state index contributed by atoms with van der Waals surface area (Å²) in [5.41, 5.74) is 12.2. The number of nitrogens with two attached hydrogens (primary N) is 2. The van der Waals surface area contributed by atoms with Gasteiger partial charge in [0.25, 0.3) is 0 Å². The van der Waals surface area contributed by atoms with Crippen LogP contribution in [0.5, 0.6) is 0 Å². The van der Waals surface area contributed by atoms with E-state index in [0.29, 0.717) is 25.6 Å². The monoisotopic (exact) mass is 294 g/mol. The van der Waals surface area contributed by atoms with Gasteiger partial charge in [0.1, 0.15) is 0 Å². The summed E-state index contributed by atoms with van der Waals surface area (Å²) in [4.78, 5) is 0. The topological polar surface area (TPSA) is 85.3 Å². The molecule has 5 nitrogen and oxygen atoms in total. The molecular formula is C16H30N4O. The summed E-state index contributed by atoms with van der Waals surface area (Å²) in [5.74, 6) is 0.541. The van der Waals surface area contributed by atoms with Gasteiger partial charge in [0.05, 0.1) is 6.61 Å². The smallest absolute Gasteiger partial charge is 0.0716 e. The maximum absolute atomic E-state index is 5.76. The zero-order valence-corrected chi connectivity index (χ0v) is 12.9. The van der Waals surface area contributed by atoms with Crippen molar-refractivity contribution in [2.45, 2.75) is 13.0 Å². The summed E-state index contributed by atoms with van der Waals surface area (Å²) in [6.07, 6.45) is 1.03. The van der Waals surface area contributed by atoms with Crippen molar-refractivity contribution in [3.8, 4) is 0 Å². The third kappa shape index (κ3) is 9.55. The molecule has 0 unspecified atom stereocenters. The number of nitrogens with one attached hydrogen (secondary N) is 2. The van der Waals surface area contributed by atoms with Crippen LogP contribution in [0.3, 0.4) is 0 Å². The van der Waals surface area contributed by atoms with E-state index in [9.17, 15) is 0 Å². The van der Waals surface area contributed by atoms with Crippen LogP contribution in [0.15, 0.2) is 30.3 Å². The van der Waals surface area contributed by atoms with Crippen molar-refractivity contribution in [3.63, 3.8) is 0 Å². The molecule has 0 bridgehead atoms. The predicted octanol–water partition coefficient (Wildman–Crippen LogP) is 0.306. The van der Waals surface area contributed by atoms with Crippen LogP contribution in [-0.2, 0) is 11.3 Å². The number of ether oxygens (including phenoxy) is 1. The third-order valence-electron chi connectivity index (χ3n) is 3.29. The molecule has 0 aromatic heterocycles. The van der Waals surface area contributed by atoms with Crippen LogP contribution in [0.4, 0.5) is 0 Å². The number of hydrogen-bond acceptors (Lipinski definition) is 5. The average Bonchev–Trinajstić information content (AvgIpc) is 2.52. The van der Waals surface area contributed by atoms with Crippen LogP contribution >= 0.6 is 0 Å². The molecule has 0 aliphatic carbocycles. The molecule has 1 rings (SSSR count). The van der Waals surface area contributed by atoms with E-state index >= 15 is 0 Å². The molecule has 1 aromatic carbocycles. The summed E-state index contributed by atoms with van der Waals surface area (Å²) in [7, 11) is 0. The van der Waals surface area contributed by atoms with E-state index in [0.717, 1.165) is 39.2 Å². The van der Waals surface area contributed by atoms with Gasteiger partial charge in [-0.25, -0.2) is 0 Å². The molecule has 5 heteroatoms. The van der Waals surface area contributed by atoms with Crippen LogP contribution in [0.25, 0.3) is 0 Å². The van der Waals surface area contributed by atoms with Gasteiger partial charge in [-0.15, -0.1) is 0 Å². The van der Waals surface area contributed by atoms with Crippen LogP contribution in [-0.4, -0.2) is 45.9 Å². The van der Waals surface area contributed by atoms with Crippen LogP contribution in [0, 0.1) is 5.92 Å². The molecule has 0 spiro atoms. The molecule has 21 heavy (non-hydrogen) atoms. The SMILES string of the molecule is NCCNCC(CCOCc1ccccc1)CNCCN. The molecule has 0 amide bonds. The van der Waals surface area contributed by atoms with Crippen molar-refractivity contribution in [1.82, 2.24) is 10.6 Å². The van der Waals surface area contributed by atoms with Crippen molar-refractivity contribution in [2.75, 3.05) is 45.9 Å². The Morgan fingerprint density at radius 3 is 2.14 bits per heavy atom. The average molecular weight is 294 g/mol. The molecule has 0 fully saturated rings. The van der Waals surface area contributed by atoms with E-state index in [1.807, 2.05) is 18.2 Å². The van der Waals surface area contributed by atoms with Gasteiger partial charge in [-0.05, 0) is 31.0 Å². The van der Waals surface area contributed by atoms with Crippen molar-refractivity contribution < 1.29 is 4.74 Å². The van der Waals surface area contributed by atoms with Crippen LogP contribution < -0.4 is 22.1 Å². The van der Waals surface area contributed by atoms with Gasteiger partial charge >= 0.3 is 0 Å². The first-order valence-corrected chi connectivity index (χ1v) is 7.80. The number of benzene rings is 1. The summed E-state index contributed by atoms with van der Waals surface area (Å²) < 4.78 is 5.76. The molecule has 1 aromatic rings. The van der Waals surface area contributed by atoms with E-state index in [4.69, 9.17) is 16.2 Å². The lowest BCUT2D eigenvalue weighted by Crippen LogP contribution is -2.35. The summed E-state index contributed by atoms with van der Waals surface area (Å²) in [5, 5.41) is 6.74. The summed E-state index contributed by atoms with van der Waals surface area (Å²) in [6, 6.07) is 10.3. The molecule has 0 saturated carbocycles. The van der Waals surface area contributed by atoms with E-state index in [2.05, 4.69) is 22.8 Å². The fraction of sp³-hybridized carbons (Fsp3) is 0.625. The molecule has 0 saturated heterocycles. The lowest BCUT2D eigenvalue weighted by molar-refractivity contribution is 0.107. The van der Waals surface area contributed by atoms with Gasteiger partial charge in [-0.2, -0.15) is 0 Å². The molecule has 120 valence electrons. The maximum Gasteiger partial charge on any atom is 0.0716 e. The Morgan fingerprint density at radius 1 is 0.952 bits per heavy atom. The van der Waals surface area contributed by atoms with E-state index in [1.165, 1.54) is 5.56 Å². The molecule has 0 radical (unpaired) electrons. The van der Waals surface area contributed by atoms with Crippen LogP contribution in [0.2, 0.25) is 0 Å². The van der Waals surface area contributed by atoms with Gasteiger partial charge in [0, 0.05) is 32.8 Å². The van der Waals surface area contributed by atoms with Gasteiger partial charge in [-0.1, -0.05) is 30.3 Å². The first-order valence-electron chi connectivity index (χ1n) is 7.80. The third-order valence-corrected chi connectivity index (χ3v) is 3.29. The zero-order valence-electron chi connectivity index (χ0n) is 12.9. The Kier molecular flexibility index (Phi) is 11.0. The molecular weight excluding hydrogens is 264 g/mol. The number of hydrogen-bond donors (Lipinski definition) is 4. The highest BCUT2D eigenvalue weighted by Crippen LogP contribution is 2.04. The maximum atomic E-state index is 5.76. The fourth-order valence-electron chi connectivity index (χ4n) is 2.11. The van der Waals surface area contributed by atoms with Gasteiger partial charge in [0.15, 0.2) is 0 Å². The normalized spacial score (nSPS) is 11.2. The molecule has 0 aliphatic heterocycles. The Hall–Kier alpha value is -0.980. The first-order chi connectivity index (χ1) is 10.4. The van der Waals surface area contributed by atoms with Gasteiger partial charge < -0.3 is 26.8 Å². The summed E-state index contributed by atoms with van der Waals surface area (Å²) >= 11 is 0. The second kappa shape index (κ2) is 12.7. The minimum Gasteiger partial charge on any atom is -0.377 e. The van der Waals surface area contributed by atoms with E-state index in [1.54, 1.807) is 0 Å². The van der Waals surface area contributed by atoms with Gasteiger partial charge in [0.2, 0.25) is 0 Å². The standard InChI is InChI=1S/C16H30N4O/c17-7-9-19-12-16(13-20-10-8-18)6-11-21-14-15-4-2-1-3-5-15/h1-5,16,19-20H,6-14,17-18H2. The minimum absolute atomic E-state index is 0.541. The molecule has 0 aliphatic rings. The predicted molar refractivity (Wildman–Crippen MR) is 88.1 cm³/mol. The fourth-order valence-corrected chi connectivity index (χ4v) is 2.11. The van der Waals surface area contributed by atoms with Gasteiger partial charge in [-0.3, -0.25) is 0 Å². The van der Waals surface area contributed by atoms with E-state index < -0.39 is 0 Å². The molecule has 0 atom stereocenters. The highest BCUT2D eigenvalue weighted by atomic mass is 16.5. The summed E-state index contributed by atoms with van der Waals surface area (Å²) in [6.45, 7) is 6.44. The minimum atomic E-state index is 0.541. The second-order valence-electron chi connectivity index (χ2n) is 5.18. The Morgan fingerprint density at radius 2 is 1.57 bits per heavy atom. The first kappa shape index (κ1) is 18.1. The number of rotatable bonds is 13. The lowest BCUT2D eigenvalue weighted by Gasteiger charge is -2.18. The largest absolute Gasteiger partial charge is 0.377 e. The van der Waals surface area contributed by atoms with Crippen LogP contribution in [0.1, 0.15) is 12.0 Å². The van der Waals surface area contributed by atoms with E-state index in [-0.39, 0.29) is 0 Å². The Labute approximate surface area is 128 Å². The van der Waals surface area contributed by atoms with Crippen molar-refractivity contribution in [2.24, 2.45) is 17.4 Å². The van der Waals surface area contributed by atoms with Crippen molar-refractivity contribution in [3.05, 3.63) is 35.9 Å². The second-order valence-corrected chi connectivity index (χ2v) is 5.18. The molecule has 6 N–H and O–H groups in total. The highest BCUT2D eigenvalue weighted by Gasteiger charge is 2.08. The lowest BCUT2D eigenvalue weighted by atomic mass is 10.1. The zero-order chi connectivity index (χ0) is 15.2. The van der Waals surface area contributed by atoms with Crippen molar-refractivity contribution in [1.29, 1.82) is 0 Å². The van der Waals surface area contributed by atoms with Crippen molar-refractivity contribution >= 4 is 0 Å². The Bertz CT molecular complexity index is 324. The molecule has 0 heterocycles.